The van der Waals surface area contributed by atoms with Gasteiger partial charge in [-0.15, -0.1) is 0 Å². The highest BCUT2D eigenvalue weighted by Crippen LogP contribution is 2.16. The highest BCUT2D eigenvalue weighted by Gasteiger charge is 2.08. The molecule has 0 aliphatic rings. The van der Waals surface area contributed by atoms with E-state index in [0.29, 0.717) is 12.0 Å². The molecule has 3 N–H and O–H groups in total. The Kier molecular flexibility index (Phi) is 7.72. The molecule has 0 aliphatic carbocycles. The van der Waals surface area contributed by atoms with E-state index in [4.69, 9.17) is 10.6 Å². The molecule has 0 radical (unpaired) electrons. The van der Waals surface area contributed by atoms with Crippen LogP contribution in [0, 0.1) is 0 Å². The second-order valence-electron chi connectivity index (χ2n) is 5.30. The summed E-state index contributed by atoms with van der Waals surface area (Å²) < 4.78 is 5.35. The normalized spacial score (nSPS) is 12.9. The molecule has 0 heterocycles. The van der Waals surface area contributed by atoms with Gasteiger partial charge in [0.25, 0.3) is 0 Å². The van der Waals surface area contributed by atoms with Crippen LogP contribution in [0.4, 0.5) is 0 Å². The van der Waals surface area contributed by atoms with E-state index in [1.807, 2.05) is 6.92 Å². The first-order chi connectivity index (χ1) is 9.17. The molecular formula is C16H28N2O. The Bertz CT molecular complexity index is 335. The van der Waals surface area contributed by atoms with Crippen LogP contribution in [0.3, 0.4) is 0 Å². The van der Waals surface area contributed by atoms with Crippen LogP contribution in [0.5, 0.6) is 0 Å². The second-order valence-corrected chi connectivity index (χ2v) is 5.30. The molecule has 0 saturated carbocycles. The van der Waals surface area contributed by atoms with Crippen LogP contribution in [-0.4, -0.2) is 19.3 Å². The summed E-state index contributed by atoms with van der Waals surface area (Å²) in [6, 6.07) is 9.18. The van der Waals surface area contributed by atoms with E-state index < -0.39 is 0 Å². The number of hydrazine groups is 1. The molecule has 0 aromatic heterocycles. The van der Waals surface area contributed by atoms with Gasteiger partial charge in [0.2, 0.25) is 0 Å². The van der Waals surface area contributed by atoms with Crippen LogP contribution in [0.1, 0.15) is 50.7 Å². The molecule has 1 rings (SSSR count). The Morgan fingerprint density at radius 2 is 1.89 bits per heavy atom. The molecule has 0 aliphatic heterocycles. The topological polar surface area (TPSA) is 47.3 Å². The largest absolute Gasteiger partial charge is 0.382 e. The third kappa shape index (κ3) is 6.19. The first-order valence-corrected chi connectivity index (χ1v) is 7.30. The molecule has 19 heavy (non-hydrogen) atoms. The Hall–Kier alpha value is -0.900. The van der Waals surface area contributed by atoms with Gasteiger partial charge in [-0.25, -0.2) is 0 Å². The average Bonchev–Trinajstić information content (AvgIpc) is 2.42. The lowest BCUT2D eigenvalue weighted by molar-refractivity contribution is 0.140. The van der Waals surface area contributed by atoms with Crippen molar-refractivity contribution >= 4 is 0 Å². The van der Waals surface area contributed by atoms with Gasteiger partial charge >= 0.3 is 0 Å². The van der Waals surface area contributed by atoms with Gasteiger partial charge in [-0.3, -0.25) is 11.3 Å². The monoisotopic (exact) mass is 264 g/mol. The van der Waals surface area contributed by atoms with Crippen molar-refractivity contribution in [1.82, 2.24) is 5.43 Å². The summed E-state index contributed by atoms with van der Waals surface area (Å²) in [7, 11) is 0. The lowest BCUT2D eigenvalue weighted by Gasteiger charge is -2.16. The number of ether oxygens (including phenoxy) is 1. The fourth-order valence-corrected chi connectivity index (χ4v) is 2.14. The lowest BCUT2D eigenvalue weighted by Crippen LogP contribution is -2.36. The van der Waals surface area contributed by atoms with Gasteiger partial charge in [0, 0.05) is 19.3 Å². The molecule has 1 unspecified atom stereocenters. The Morgan fingerprint density at radius 1 is 1.21 bits per heavy atom. The Labute approximate surface area is 117 Å². The summed E-state index contributed by atoms with van der Waals surface area (Å²) in [6.07, 6.45) is 3.07. The van der Waals surface area contributed by atoms with Crippen molar-refractivity contribution in [2.75, 3.05) is 13.2 Å². The fraction of sp³-hybridized carbons (Fsp3) is 0.625. The van der Waals surface area contributed by atoms with Crippen molar-refractivity contribution in [3.05, 3.63) is 35.4 Å². The van der Waals surface area contributed by atoms with Gasteiger partial charge in [0.05, 0.1) is 0 Å². The third-order valence-corrected chi connectivity index (χ3v) is 3.41. The maximum absolute atomic E-state index is 5.62. The second kappa shape index (κ2) is 9.08. The molecular weight excluding hydrogens is 236 g/mol. The van der Waals surface area contributed by atoms with E-state index in [-0.39, 0.29) is 0 Å². The van der Waals surface area contributed by atoms with Crippen LogP contribution >= 0.6 is 0 Å². The summed E-state index contributed by atoms with van der Waals surface area (Å²) >= 11 is 0. The quantitative estimate of drug-likeness (QED) is 0.409. The van der Waals surface area contributed by atoms with Gasteiger partial charge in [-0.05, 0) is 43.2 Å². The van der Waals surface area contributed by atoms with Crippen molar-refractivity contribution in [3.63, 3.8) is 0 Å². The zero-order valence-corrected chi connectivity index (χ0v) is 12.5. The van der Waals surface area contributed by atoms with Crippen molar-refractivity contribution in [3.8, 4) is 0 Å². The van der Waals surface area contributed by atoms with E-state index >= 15 is 0 Å². The zero-order valence-electron chi connectivity index (χ0n) is 12.5. The van der Waals surface area contributed by atoms with E-state index in [1.165, 1.54) is 11.1 Å². The molecule has 0 bridgehead atoms. The smallest absolute Gasteiger partial charge is 0.0466 e. The van der Waals surface area contributed by atoms with Gasteiger partial charge < -0.3 is 4.74 Å². The van der Waals surface area contributed by atoms with Crippen LogP contribution in [0.25, 0.3) is 0 Å². The minimum Gasteiger partial charge on any atom is -0.382 e. The molecule has 3 heteroatoms. The summed E-state index contributed by atoms with van der Waals surface area (Å²) in [5.74, 6) is 6.21. The molecule has 3 nitrogen and oxygen atoms in total. The summed E-state index contributed by atoms with van der Waals surface area (Å²) in [5.41, 5.74) is 5.63. The van der Waals surface area contributed by atoms with E-state index in [2.05, 4.69) is 43.5 Å². The van der Waals surface area contributed by atoms with Crippen molar-refractivity contribution in [2.45, 2.75) is 52.0 Å². The number of hydrogen-bond acceptors (Lipinski definition) is 3. The van der Waals surface area contributed by atoms with Crippen LogP contribution < -0.4 is 11.3 Å². The van der Waals surface area contributed by atoms with Gasteiger partial charge in [0.1, 0.15) is 0 Å². The predicted molar refractivity (Wildman–Crippen MR) is 81.1 cm³/mol. The zero-order chi connectivity index (χ0) is 14.1. The van der Waals surface area contributed by atoms with Crippen molar-refractivity contribution in [2.24, 2.45) is 5.84 Å². The molecule has 108 valence electrons. The third-order valence-electron chi connectivity index (χ3n) is 3.41. The standard InChI is InChI=1S/C16H28N2O/c1-4-19-11-5-6-16(18-17)12-14-7-9-15(10-8-14)13(2)3/h7-10,13,16,18H,4-6,11-12,17H2,1-3H3. The minimum atomic E-state index is 0.324. The predicted octanol–water partition coefficient (Wildman–Crippen LogP) is 3.00. The molecule has 0 saturated heterocycles. The summed E-state index contributed by atoms with van der Waals surface area (Å²) in [6.45, 7) is 8.06. The number of rotatable bonds is 9. The van der Waals surface area contributed by atoms with Crippen molar-refractivity contribution in [1.29, 1.82) is 0 Å². The molecule has 0 amide bonds. The van der Waals surface area contributed by atoms with Gasteiger partial charge in [0.15, 0.2) is 0 Å². The number of nitrogens with two attached hydrogens (primary N) is 1. The highest BCUT2D eigenvalue weighted by atomic mass is 16.5. The molecule has 0 spiro atoms. The molecule has 1 aromatic carbocycles. The Balaban J connectivity index is 2.41. The SMILES string of the molecule is CCOCCCC(Cc1ccc(C(C)C)cc1)NN. The van der Waals surface area contributed by atoms with Crippen LogP contribution in [-0.2, 0) is 11.2 Å². The Morgan fingerprint density at radius 3 is 2.42 bits per heavy atom. The fourth-order valence-electron chi connectivity index (χ4n) is 2.14. The molecule has 1 aromatic rings. The lowest BCUT2D eigenvalue weighted by atomic mass is 9.98. The summed E-state index contributed by atoms with van der Waals surface area (Å²) in [4.78, 5) is 0. The highest BCUT2D eigenvalue weighted by molar-refractivity contribution is 5.25. The minimum absolute atomic E-state index is 0.324. The maximum Gasteiger partial charge on any atom is 0.0466 e. The van der Waals surface area contributed by atoms with E-state index in [0.717, 1.165) is 32.5 Å². The van der Waals surface area contributed by atoms with E-state index in [9.17, 15) is 0 Å². The van der Waals surface area contributed by atoms with Crippen molar-refractivity contribution < 1.29 is 4.74 Å². The first-order valence-electron chi connectivity index (χ1n) is 7.30. The van der Waals surface area contributed by atoms with Gasteiger partial charge in [-0.1, -0.05) is 38.1 Å². The summed E-state index contributed by atoms with van der Waals surface area (Å²) in [5, 5.41) is 0. The maximum atomic E-state index is 5.62. The van der Waals surface area contributed by atoms with Crippen LogP contribution in [0.15, 0.2) is 24.3 Å². The van der Waals surface area contributed by atoms with Crippen LogP contribution in [0.2, 0.25) is 0 Å². The average molecular weight is 264 g/mol. The van der Waals surface area contributed by atoms with Gasteiger partial charge in [-0.2, -0.15) is 0 Å². The number of benzene rings is 1. The number of hydrogen-bond donors (Lipinski definition) is 2. The van der Waals surface area contributed by atoms with E-state index in [1.54, 1.807) is 0 Å². The molecule has 0 fully saturated rings. The number of nitrogens with one attached hydrogen (secondary N) is 1. The molecule has 1 atom stereocenters. The first kappa shape index (κ1) is 16.2.